The molecule has 2 nitrogen and oxygen atoms in total. The van der Waals surface area contributed by atoms with E-state index in [2.05, 4.69) is 204 Å². The second-order valence-corrected chi connectivity index (χ2v) is 17.4. The molecule has 2 heterocycles. The Morgan fingerprint density at radius 3 is 1.61 bits per heavy atom. The van der Waals surface area contributed by atoms with Gasteiger partial charge in [-0.1, -0.05) is 157 Å². The minimum absolute atomic E-state index is 0.00180. The van der Waals surface area contributed by atoms with E-state index in [9.17, 15) is 0 Å². The lowest BCUT2D eigenvalue weighted by molar-refractivity contribution is 0.590. The van der Waals surface area contributed by atoms with E-state index >= 15 is 0 Å². The van der Waals surface area contributed by atoms with Gasteiger partial charge in [-0.25, -0.2) is 0 Å². The number of rotatable bonds is 4. The van der Waals surface area contributed by atoms with Crippen molar-refractivity contribution in [1.82, 2.24) is 0 Å². The van der Waals surface area contributed by atoms with Crippen LogP contribution in [0, 0.1) is 6.92 Å². The van der Waals surface area contributed by atoms with Gasteiger partial charge in [0, 0.05) is 39.6 Å². The SMILES string of the molecule is Cc1cc2c3c(c1)N(c1ccccc1-c1ccccc1)c1cc(C(C)(C)C)ccc1B3c1ccc(C(C)(C)C)cc1N2C1=CCCC=C1c1ccccc1. The molecule has 0 amide bonds. The van der Waals surface area contributed by atoms with Crippen LogP contribution in [0.4, 0.5) is 28.4 Å². The highest BCUT2D eigenvalue weighted by Gasteiger charge is 2.45. The zero-order valence-electron chi connectivity index (χ0n) is 32.7. The van der Waals surface area contributed by atoms with Crippen molar-refractivity contribution in [2.24, 2.45) is 0 Å². The van der Waals surface area contributed by atoms with Crippen LogP contribution in [0.3, 0.4) is 0 Å². The first-order valence-corrected chi connectivity index (χ1v) is 19.6. The van der Waals surface area contributed by atoms with E-state index in [4.69, 9.17) is 0 Å². The first kappa shape index (κ1) is 34.2. The Balaban J connectivity index is 1.38. The van der Waals surface area contributed by atoms with E-state index in [0.717, 1.165) is 12.8 Å². The van der Waals surface area contributed by atoms with E-state index in [1.165, 1.54) is 89.5 Å². The molecule has 0 N–H and O–H groups in total. The van der Waals surface area contributed by atoms with Crippen molar-refractivity contribution in [1.29, 1.82) is 0 Å². The van der Waals surface area contributed by atoms with Crippen LogP contribution < -0.4 is 26.2 Å². The molecule has 0 spiro atoms. The summed E-state index contributed by atoms with van der Waals surface area (Å²) in [7, 11) is 0. The zero-order valence-corrected chi connectivity index (χ0v) is 32.7. The third kappa shape index (κ3) is 5.64. The highest BCUT2D eigenvalue weighted by atomic mass is 15.2. The van der Waals surface area contributed by atoms with E-state index in [1.807, 2.05) is 0 Å². The Morgan fingerprint density at radius 1 is 0.481 bits per heavy atom. The molecule has 9 rings (SSSR count). The molecule has 0 fully saturated rings. The highest BCUT2D eigenvalue weighted by Crippen LogP contribution is 2.48. The van der Waals surface area contributed by atoms with E-state index in [1.54, 1.807) is 0 Å². The smallest absolute Gasteiger partial charge is 0.252 e. The molecule has 6 aromatic rings. The standard InChI is InChI=1S/C51H49BN2/c1-34-30-47-49-48(31-34)54(44-25-17-15-23-40(44)36-20-12-9-13-21-36)46-33-38(51(5,6)7)27-29-42(46)52(49)41-28-26-37(50(2,3)4)32-45(41)53(47)43-24-16-14-22-39(43)35-18-10-8-11-19-35/h8-14,16,18-33H,15,17H2,1-7H3. The normalized spacial score (nSPS) is 14.9. The molecule has 0 aromatic heterocycles. The summed E-state index contributed by atoms with van der Waals surface area (Å²) in [4.78, 5) is 5.21. The van der Waals surface area contributed by atoms with Crippen molar-refractivity contribution in [2.75, 3.05) is 9.80 Å². The maximum Gasteiger partial charge on any atom is 0.252 e. The summed E-state index contributed by atoms with van der Waals surface area (Å²) >= 11 is 0. The molecule has 0 unspecified atom stereocenters. The number of aryl methyl sites for hydroxylation is 1. The molecular formula is C51H49BN2. The average Bonchev–Trinajstić information content (AvgIpc) is 3.17. The summed E-state index contributed by atoms with van der Waals surface area (Å²) in [6.07, 6.45) is 7.00. The monoisotopic (exact) mass is 700 g/mol. The summed E-state index contributed by atoms with van der Waals surface area (Å²) in [6.45, 7) is 16.3. The second kappa shape index (κ2) is 12.8. The lowest BCUT2D eigenvalue weighted by Crippen LogP contribution is -2.62. The molecule has 0 bridgehead atoms. The second-order valence-electron chi connectivity index (χ2n) is 17.4. The number of para-hydroxylation sites is 1. The molecule has 0 radical (unpaired) electrons. The molecule has 0 saturated carbocycles. The highest BCUT2D eigenvalue weighted by molar-refractivity contribution is 7.00. The molecule has 0 atom stereocenters. The van der Waals surface area contributed by atoms with Gasteiger partial charge in [-0.3, -0.25) is 0 Å². The van der Waals surface area contributed by atoms with E-state index in [-0.39, 0.29) is 17.5 Å². The molecule has 54 heavy (non-hydrogen) atoms. The van der Waals surface area contributed by atoms with Gasteiger partial charge < -0.3 is 9.80 Å². The number of hydrogen-bond donors (Lipinski definition) is 0. The molecule has 3 heteroatoms. The molecule has 0 saturated heterocycles. The largest absolute Gasteiger partial charge is 0.311 e. The molecule has 1 aliphatic carbocycles. The number of hydrogen-bond acceptors (Lipinski definition) is 2. The van der Waals surface area contributed by atoms with Crippen molar-refractivity contribution >= 4 is 57.1 Å². The first-order chi connectivity index (χ1) is 26.0. The van der Waals surface area contributed by atoms with Crippen LogP contribution in [0.1, 0.15) is 76.6 Å². The number of benzene rings is 6. The van der Waals surface area contributed by atoms with Gasteiger partial charge in [0.05, 0.1) is 5.69 Å². The number of nitrogens with zero attached hydrogens (tertiary/aromatic N) is 2. The molecule has 6 aromatic carbocycles. The summed E-state index contributed by atoms with van der Waals surface area (Å²) in [6, 6.07) is 50.4. The van der Waals surface area contributed by atoms with E-state index in [0.29, 0.717) is 0 Å². The minimum atomic E-state index is -0.00575. The maximum atomic E-state index is 2.63. The lowest BCUT2D eigenvalue weighted by Gasteiger charge is -2.46. The van der Waals surface area contributed by atoms with Gasteiger partial charge in [-0.05, 0) is 105 Å². The van der Waals surface area contributed by atoms with E-state index < -0.39 is 0 Å². The van der Waals surface area contributed by atoms with Crippen molar-refractivity contribution in [3.05, 3.63) is 174 Å². The van der Waals surface area contributed by atoms with Crippen LogP contribution >= 0.6 is 0 Å². The molecule has 2 aliphatic heterocycles. The van der Waals surface area contributed by atoms with Crippen LogP contribution in [-0.4, -0.2) is 6.71 Å². The van der Waals surface area contributed by atoms with Crippen molar-refractivity contribution < 1.29 is 0 Å². The summed E-state index contributed by atoms with van der Waals surface area (Å²) in [5.41, 5.74) is 20.6. The number of anilines is 5. The third-order valence-electron chi connectivity index (χ3n) is 11.6. The van der Waals surface area contributed by atoms with Gasteiger partial charge in [-0.2, -0.15) is 0 Å². The van der Waals surface area contributed by atoms with Crippen LogP contribution in [0.25, 0.3) is 16.7 Å². The molecule has 266 valence electrons. The minimum Gasteiger partial charge on any atom is -0.311 e. The fourth-order valence-electron chi connectivity index (χ4n) is 8.87. The van der Waals surface area contributed by atoms with Gasteiger partial charge in [-0.15, -0.1) is 0 Å². The van der Waals surface area contributed by atoms with Gasteiger partial charge in [0.15, 0.2) is 0 Å². The van der Waals surface area contributed by atoms with Crippen LogP contribution in [0.15, 0.2) is 151 Å². The van der Waals surface area contributed by atoms with Crippen LogP contribution in [0.2, 0.25) is 0 Å². The Labute approximate surface area is 322 Å². The Hall–Kier alpha value is -5.54. The predicted octanol–water partition coefficient (Wildman–Crippen LogP) is 11.8. The summed E-state index contributed by atoms with van der Waals surface area (Å²) in [5, 5.41) is 0. The quantitative estimate of drug-likeness (QED) is 0.169. The van der Waals surface area contributed by atoms with Crippen molar-refractivity contribution in [3.8, 4) is 11.1 Å². The molecule has 3 aliphatic rings. The first-order valence-electron chi connectivity index (χ1n) is 19.6. The maximum absolute atomic E-state index is 2.63. The number of allylic oxidation sites excluding steroid dienone is 3. The number of fused-ring (bicyclic) bond motifs is 4. The predicted molar refractivity (Wildman–Crippen MR) is 234 cm³/mol. The fraction of sp³-hybridized carbons (Fsp3) is 0.216. The Morgan fingerprint density at radius 2 is 1.00 bits per heavy atom. The average molecular weight is 701 g/mol. The Kier molecular flexibility index (Phi) is 8.12. The summed E-state index contributed by atoms with van der Waals surface area (Å²) in [5.74, 6) is 0. The summed E-state index contributed by atoms with van der Waals surface area (Å²) < 4.78 is 0. The lowest BCUT2D eigenvalue weighted by atomic mass is 9.33. The van der Waals surface area contributed by atoms with Gasteiger partial charge in [0.2, 0.25) is 0 Å². The van der Waals surface area contributed by atoms with Gasteiger partial charge in [0.1, 0.15) is 0 Å². The molecular weight excluding hydrogens is 651 g/mol. The van der Waals surface area contributed by atoms with Crippen LogP contribution in [0.5, 0.6) is 0 Å². The van der Waals surface area contributed by atoms with Gasteiger partial charge in [0.25, 0.3) is 6.71 Å². The Bertz CT molecular complexity index is 2480. The van der Waals surface area contributed by atoms with Crippen molar-refractivity contribution in [2.45, 2.75) is 72.1 Å². The van der Waals surface area contributed by atoms with Gasteiger partial charge >= 0.3 is 0 Å². The topological polar surface area (TPSA) is 6.48 Å². The van der Waals surface area contributed by atoms with Crippen LogP contribution in [-0.2, 0) is 10.8 Å². The van der Waals surface area contributed by atoms with Crippen molar-refractivity contribution in [3.63, 3.8) is 0 Å². The fourth-order valence-corrected chi connectivity index (χ4v) is 8.87. The zero-order chi connectivity index (χ0) is 37.4. The third-order valence-corrected chi connectivity index (χ3v) is 11.6.